The highest BCUT2D eigenvalue weighted by Gasteiger charge is 2.44. The molecule has 1 aliphatic carbocycles. The molecule has 1 amide bonds. The van der Waals surface area contributed by atoms with Crippen LogP contribution in [0.25, 0.3) is 0 Å². The maximum atomic E-state index is 12.6. The molecule has 1 fully saturated rings. The molecule has 1 aromatic carbocycles. The summed E-state index contributed by atoms with van der Waals surface area (Å²) < 4.78 is 37.9. The largest absolute Gasteiger partial charge is 0.416 e. The zero-order valence-corrected chi connectivity index (χ0v) is 12.1. The summed E-state index contributed by atoms with van der Waals surface area (Å²) >= 11 is 0. The Balaban J connectivity index is 0.00000220. The van der Waals surface area contributed by atoms with Crippen LogP contribution in [0.4, 0.5) is 13.2 Å². The quantitative estimate of drug-likeness (QED) is 0.819. The van der Waals surface area contributed by atoms with Crippen LogP contribution in [-0.2, 0) is 11.0 Å². The lowest BCUT2D eigenvalue weighted by Crippen LogP contribution is -2.27. The summed E-state index contributed by atoms with van der Waals surface area (Å²) in [5.41, 5.74) is 5.24. The number of hydrogen-bond donors (Lipinski definition) is 2. The van der Waals surface area contributed by atoms with E-state index < -0.39 is 11.7 Å². The molecule has 0 bridgehead atoms. The third-order valence-electron chi connectivity index (χ3n) is 3.45. The number of halogens is 4. The van der Waals surface area contributed by atoms with Gasteiger partial charge in [0.25, 0.3) is 0 Å². The van der Waals surface area contributed by atoms with E-state index in [-0.39, 0.29) is 30.2 Å². The van der Waals surface area contributed by atoms with E-state index in [9.17, 15) is 18.0 Å². The molecule has 1 saturated carbocycles. The lowest BCUT2D eigenvalue weighted by molar-refractivity contribution is -0.137. The monoisotopic (exact) mass is 322 g/mol. The van der Waals surface area contributed by atoms with Crippen molar-refractivity contribution in [1.82, 2.24) is 5.32 Å². The lowest BCUT2D eigenvalue weighted by Gasteiger charge is -2.08. The summed E-state index contributed by atoms with van der Waals surface area (Å²) in [6, 6.07) is 5.22. The van der Waals surface area contributed by atoms with Gasteiger partial charge in [-0.25, -0.2) is 0 Å². The van der Waals surface area contributed by atoms with Crippen LogP contribution >= 0.6 is 12.4 Å². The van der Waals surface area contributed by atoms with Gasteiger partial charge in [-0.05, 0) is 36.9 Å². The Labute approximate surface area is 127 Å². The van der Waals surface area contributed by atoms with Crippen molar-refractivity contribution in [2.75, 3.05) is 13.1 Å². The van der Waals surface area contributed by atoms with Gasteiger partial charge in [-0.3, -0.25) is 4.79 Å². The van der Waals surface area contributed by atoms with Crippen molar-refractivity contribution in [2.24, 2.45) is 11.7 Å². The predicted molar refractivity (Wildman–Crippen MR) is 76.2 cm³/mol. The Bertz CT molecular complexity index is 493. The number of nitrogens with one attached hydrogen (secondary N) is 1. The maximum Gasteiger partial charge on any atom is 0.416 e. The first kappa shape index (κ1) is 17.8. The Morgan fingerprint density at radius 2 is 2.10 bits per heavy atom. The van der Waals surface area contributed by atoms with Crippen molar-refractivity contribution in [3.05, 3.63) is 35.4 Å². The van der Waals surface area contributed by atoms with Crippen LogP contribution in [-0.4, -0.2) is 19.0 Å². The third-order valence-corrected chi connectivity index (χ3v) is 3.45. The van der Waals surface area contributed by atoms with E-state index >= 15 is 0 Å². The molecule has 0 aliphatic heterocycles. The van der Waals surface area contributed by atoms with Gasteiger partial charge in [0.2, 0.25) is 5.91 Å². The molecule has 21 heavy (non-hydrogen) atoms. The fourth-order valence-electron chi connectivity index (χ4n) is 2.24. The van der Waals surface area contributed by atoms with Gasteiger partial charge in [0.1, 0.15) is 0 Å². The Hall–Kier alpha value is -1.27. The summed E-state index contributed by atoms with van der Waals surface area (Å²) in [4.78, 5) is 11.8. The average molecular weight is 323 g/mol. The SMILES string of the molecule is Cl.NCCCNC(=O)C1CC1c1cccc(C(F)(F)F)c1. The molecule has 3 nitrogen and oxygen atoms in total. The second-order valence-electron chi connectivity index (χ2n) is 5.01. The standard InChI is InChI=1S/C14H17F3N2O.ClH/c15-14(16,17)10-4-1-3-9(7-10)11-8-12(11)13(20)19-6-2-5-18;/h1,3-4,7,11-12H,2,5-6,8,18H2,(H,19,20);1H. The van der Waals surface area contributed by atoms with Gasteiger partial charge in [-0.1, -0.05) is 18.2 Å². The van der Waals surface area contributed by atoms with E-state index in [1.54, 1.807) is 6.07 Å². The van der Waals surface area contributed by atoms with Crippen molar-refractivity contribution >= 4 is 18.3 Å². The smallest absolute Gasteiger partial charge is 0.356 e. The summed E-state index contributed by atoms with van der Waals surface area (Å²) in [6.07, 6.45) is -3.04. The zero-order valence-electron chi connectivity index (χ0n) is 11.3. The molecule has 1 aromatic rings. The van der Waals surface area contributed by atoms with Crippen LogP contribution in [0.5, 0.6) is 0 Å². The molecule has 3 N–H and O–H groups in total. The van der Waals surface area contributed by atoms with E-state index in [2.05, 4.69) is 5.32 Å². The number of rotatable bonds is 5. The number of carbonyl (C=O) groups excluding carboxylic acids is 1. The van der Waals surface area contributed by atoms with Crippen molar-refractivity contribution in [3.8, 4) is 0 Å². The van der Waals surface area contributed by atoms with Crippen LogP contribution in [0.2, 0.25) is 0 Å². The number of hydrogen-bond acceptors (Lipinski definition) is 2. The predicted octanol–water partition coefficient (Wildman–Crippen LogP) is 2.70. The topological polar surface area (TPSA) is 55.1 Å². The first-order chi connectivity index (χ1) is 9.43. The molecule has 118 valence electrons. The number of amides is 1. The van der Waals surface area contributed by atoms with E-state index in [4.69, 9.17) is 5.73 Å². The van der Waals surface area contributed by atoms with Gasteiger partial charge >= 0.3 is 6.18 Å². The highest BCUT2D eigenvalue weighted by molar-refractivity contribution is 5.85. The van der Waals surface area contributed by atoms with Gasteiger partial charge in [0.05, 0.1) is 5.56 Å². The van der Waals surface area contributed by atoms with Crippen LogP contribution in [0.15, 0.2) is 24.3 Å². The summed E-state index contributed by atoms with van der Waals surface area (Å²) in [5, 5.41) is 2.75. The zero-order chi connectivity index (χ0) is 14.8. The second kappa shape index (κ2) is 7.13. The molecule has 0 heterocycles. The van der Waals surface area contributed by atoms with Crippen molar-refractivity contribution in [3.63, 3.8) is 0 Å². The highest BCUT2D eigenvalue weighted by Crippen LogP contribution is 2.48. The fraction of sp³-hybridized carbons (Fsp3) is 0.500. The molecule has 2 atom stereocenters. The summed E-state index contributed by atoms with van der Waals surface area (Å²) in [5.74, 6) is -0.410. The first-order valence-electron chi connectivity index (χ1n) is 6.58. The number of nitrogens with two attached hydrogens (primary N) is 1. The van der Waals surface area contributed by atoms with Gasteiger partial charge in [-0.2, -0.15) is 13.2 Å². The van der Waals surface area contributed by atoms with Crippen LogP contribution < -0.4 is 11.1 Å². The normalized spacial score (nSPS) is 20.6. The molecule has 2 rings (SSSR count). The third kappa shape index (κ3) is 4.61. The van der Waals surface area contributed by atoms with E-state index in [0.717, 1.165) is 12.1 Å². The molecule has 0 spiro atoms. The minimum Gasteiger partial charge on any atom is -0.356 e. The van der Waals surface area contributed by atoms with Crippen LogP contribution in [0.1, 0.15) is 29.9 Å². The molecule has 0 radical (unpaired) electrons. The minimum absolute atomic E-state index is 0. The Morgan fingerprint density at radius 1 is 1.38 bits per heavy atom. The number of carbonyl (C=O) groups is 1. The van der Waals surface area contributed by atoms with Gasteiger partial charge in [-0.15, -0.1) is 12.4 Å². The van der Waals surface area contributed by atoms with Gasteiger partial charge < -0.3 is 11.1 Å². The first-order valence-corrected chi connectivity index (χ1v) is 6.58. The molecule has 2 unspecified atom stereocenters. The second-order valence-corrected chi connectivity index (χ2v) is 5.01. The lowest BCUT2D eigenvalue weighted by atomic mass is 10.1. The van der Waals surface area contributed by atoms with Crippen molar-refractivity contribution in [1.29, 1.82) is 0 Å². The molecular weight excluding hydrogens is 305 g/mol. The van der Waals surface area contributed by atoms with Crippen molar-refractivity contribution in [2.45, 2.75) is 24.9 Å². The molecule has 1 aliphatic rings. The minimum atomic E-state index is -4.34. The van der Waals surface area contributed by atoms with Crippen LogP contribution in [0, 0.1) is 5.92 Å². The van der Waals surface area contributed by atoms with Crippen LogP contribution in [0.3, 0.4) is 0 Å². The summed E-state index contributed by atoms with van der Waals surface area (Å²) in [7, 11) is 0. The van der Waals surface area contributed by atoms with Gasteiger partial charge in [0, 0.05) is 12.5 Å². The molecular formula is C14H18ClF3N2O. The Kier molecular flexibility index (Phi) is 6.04. The fourth-order valence-corrected chi connectivity index (χ4v) is 2.24. The van der Waals surface area contributed by atoms with E-state index in [1.165, 1.54) is 6.07 Å². The van der Waals surface area contributed by atoms with E-state index in [1.807, 2.05) is 0 Å². The van der Waals surface area contributed by atoms with E-state index in [0.29, 0.717) is 31.5 Å². The Morgan fingerprint density at radius 3 is 2.71 bits per heavy atom. The van der Waals surface area contributed by atoms with Gasteiger partial charge in [0.15, 0.2) is 0 Å². The number of alkyl halides is 3. The maximum absolute atomic E-state index is 12.6. The highest BCUT2D eigenvalue weighted by atomic mass is 35.5. The van der Waals surface area contributed by atoms with Crippen molar-refractivity contribution < 1.29 is 18.0 Å². The average Bonchev–Trinajstić information content (AvgIpc) is 3.18. The molecule has 7 heteroatoms. The number of benzene rings is 1. The molecule has 0 saturated heterocycles. The summed E-state index contributed by atoms with van der Waals surface area (Å²) in [6.45, 7) is 1.02. The molecule has 0 aromatic heterocycles.